The Bertz CT molecular complexity index is 1020. The van der Waals surface area contributed by atoms with Crippen molar-refractivity contribution in [3.8, 4) is 0 Å². The van der Waals surface area contributed by atoms with Gasteiger partial charge in [0.2, 0.25) is 5.91 Å². The lowest BCUT2D eigenvalue weighted by Crippen LogP contribution is -2.47. The number of hydrogen-bond donors (Lipinski definition) is 2. The molecule has 2 N–H and O–H groups in total. The summed E-state index contributed by atoms with van der Waals surface area (Å²) < 4.78 is 1.46. The molecular weight excluding hydrogens is 424 g/mol. The van der Waals surface area contributed by atoms with Crippen molar-refractivity contribution in [1.29, 1.82) is 0 Å². The van der Waals surface area contributed by atoms with Gasteiger partial charge in [-0.3, -0.25) is 19.5 Å². The van der Waals surface area contributed by atoms with Crippen LogP contribution in [0.4, 0.5) is 4.79 Å². The fourth-order valence-electron chi connectivity index (χ4n) is 3.45. The molecule has 0 spiro atoms. The number of urea groups is 1. The van der Waals surface area contributed by atoms with Gasteiger partial charge in [-0.1, -0.05) is 48.7 Å². The fourth-order valence-corrected chi connectivity index (χ4v) is 4.53. The minimum absolute atomic E-state index is 0.110. The zero-order chi connectivity index (χ0) is 21.7. The number of hydrogen-bond acceptors (Lipinski definition) is 5. The molecule has 3 rings (SSSR count). The van der Waals surface area contributed by atoms with Crippen LogP contribution in [0.25, 0.3) is 10.9 Å². The monoisotopic (exact) mass is 448 g/mol. The van der Waals surface area contributed by atoms with Gasteiger partial charge in [-0.15, -0.1) is 6.58 Å². The van der Waals surface area contributed by atoms with E-state index in [1.165, 1.54) is 11.0 Å². The van der Waals surface area contributed by atoms with Crippen molar-refractivity contribution >= 4 is 46.2 Å². The van der Waals surface area contributed by atoms with Crippen molar-refractivity contribution in [2.24, 2.45) is 0 Å². The molecule has 1 fully saturated rings. The Morgan fingerprint density at radius 2 is 2.10 bits per heavy atom. The predicted molar refractivity (Wildman–Crippen MR) is 120 cm³/mol. The lowest BCUT2D eigenvalue weighted by molar-refractivity contribution is -0.119. The van der Waals surface area contributed by atoms with Crippen molar-refractivity contribution in [1.82, 2.24) is 20.2 Å². The first-order valence-corrected chi connectivity index (χ1v) is 11.2. The smallest absolute Gasteiger partial charge is 0.321 e. The lowest BCUT2D eigenvalue weighted by Gasteiger charge is -2.23. The van der Waals surface area contributed by atoms with Gasteiger partial charge in [0.05, 0.1) is 16.2 Å². The molecule has 0 bridgehead atoms. The Hall–Kier alpha value is -2.32. The van der Waals surface area contributed by atoms with Crippen LogP contribution in [0.15, 0.2) is 40.8 Å². The molecule has 1 aliphatic carbocycles. The summed E-state index contributed by atoms with van der Waals surface area (Å²) >= 11 is 7.15. The van der Waals surface area contributed by atoms with Gasteiger partial charge < -0.3 is 5.32 Å². The van der Waals surface area contributed by atoms with Crippen LogP contribution in [0.5, 0.6) is 0 Å². The molecule has 0 radical (unpaired) electrons. The largest absolute Gasteiger partial charge is 0.335 e. The Morgan fingerprint density at radius 3 is 2.80 bits per heavy atom. The van der Waals surface area contributed by atoms with Crippen LogP contribution < -0.4 is 16.2 Å². The van der Waals surface area contributed by atoms with Gasteiger partial charge >= 0.3 is 6.03 Å². The van der Waals surface area contributed by atoms with E-state index < -0.39 is 17.2 Å². The number of thioether (sulfide) groups is 1. The Morgan fingerprint density at radius 1 is 1.37 bits per heavy atom. The molecular formula is C21H25ClN4O3S. The van der Waals surface area contributed by atoms with Gasteiger partial charge in [0.15, 0.2) is 5.16 Å². The average molecular weight is 449 g/mol. The van der Waals surface area contributed by atoms with Crippen molar-refractivity contribution in [3.63, 3.8) is 0 Å². The Kier molecular flexibility index (Phi) is 7.55. The van der Waals surface area contributed by atoms with E-state index in [9.17, 15) is 14.4 Å². The van der Waals surface area contributed by atoms with Crippen LogP contribution in [0.2, 0.25) is 5.02 Å². The van der Waals surface area contributed by atoms with Gasteiger partial charge in [-0.2, -0.15) is 0 Å². The molecule has 2 aromatic rings. The number of carbonyl (C=O) groups is 2. The standard InChI is InChI=1S/C21H25ClN4O3S/c1-3-11-26-19(28)16-10-9-14(22)12-17(16)24-21(26)30-13(2)18(27)25-20(29)23-15-7-5-4-6-8-15/h3,9-10,12-13,15H,1,4-8,11H2,2H3,(H2,23,25,27,29)/t13-/m1/s1. The highest BCUT2D eigenvalue weighted by Crippen LogP contribution is 2.24. The third kappa shape index (κ3) is 5.43. The third-order valence-electron chi connectivity index (χ3n) is 5.02. The van der Waals surface area contributed by atoms with Crippen LogP contribution in [0.1, 0.15) is 39.0 Å². The molecule has 1 atom stereocenters. The molecule has 1 aliphatic rings. The first-order chi connectivity index (χ1) is 14.4. The van der Waals surface area contributed by atoms with E-state index in [0.29, 0.717) is 21.1 Å². The Labute approximate surface area is 184 Å². The number of nitrogens with zero attached hydrogens (tertiary/aromatic N) is 2. The first-order valence-electron chi connectivity index (χ1n) is 9.98. The van der Waals surface area contributed by atoms with E-state index in [4.69, 9.17) is 11.6 Å². The number of rotatable bonds is 6. The summed E-state index contributed by atoms with van der Waals surface area (Å²) in [7, 11) is 0. The van der Waals surface area contributed by atoms with E-state index >= 15 is 0 Å². The normalized spacial score (nSPS) is 15.5. The number of benzene rings is 1. The number of imide groups is 1. The van der Waals surface area contributed by atoms with E-state index in [2.05, 4.69) is 22.2 Å². The summed E-state index contributed by atoms with van der Waals surface area (Å²) in [5.74, 6) is -0.445. The summed E-state index contributed by atoms with van der Waals surface area (Å²) in [6, 6.07) is 4.51. The first kappa shape index (κ1) is 22.4. The molecule has 1 aromatic heterocycles. The second kappa shape index (κ2) is 10.1. The molecule has 1 saturated carbocycles. The van der Waals surface area contributed by atoms with E-state index in [-0.39, 0.29) is 18.1 Å². The SMILES string of the molecule is C=CCn1c(S[C@H](C)C(=O)NC(=O)NC2CCCCC2)nc2cc(Cl)ccc2c1=O. The molecule has 9 heteroatoms. The number of amides is 3. The third-order valence-corrected chi connectivity index (χ3v) is 6.35. The number of carbonyl (C=O) groups excluding carboxylic acids is 2. The molecule has 0 unspecified atom stereocenters. The van der Waals surface area contributed by atoms with E-state index in [1.54, 1.807) is 31.2 Å². The highest BCUT2D eigenvalue weighted by Gasteiger charge is 2.22. The molecule has 160 valence electrons. The summed E-state index contributed by atoms with van der Waals surface area (Å²) in [4.78, 5) is 42.1. The minimum Gasteiger partial charge on any atom is -0.335 e. The van der Waals surface area contributed by atoms with Gasteiger partial charge in [0, 0.05) is 17.6 Å². The lowest BCUT2D eigenvalue weighted by atomic mass is 9.96. The molecule has 7 nitrogen and oxygen atoms in total. The molecule has 0 saturated heterocycles. The second-order valence-electron chi connectivity index (χ2n) is 7.32. The summed E-state index contributed by atoms with van der Waals surface area (Å²) in [6.07, 6.45) is 6.82. The van der Waals surface area contributed by atoms with Crippen LogP contribution in [-0.4, -0.2) is 32.8 Å². The number of aromatic nitrogens is 2. The zero-order valence-corrected chi connectivity index (χ0v) is 18.4. The minimum atomic E-state index is -0.637. The summed E-state index contributed by atoms with van der Waals surface area (Å²) in [5.41, 5.74) is 0.222. The van der Waals surface area contributed by atoms with Crippen molar-refractivity contribution in [2.75, 3.05) is 0 Å². The number of fused-ring (bicyclic) bond motifs is 1. The van der Waals surface area contributed by atoms with Crippen molar-refractivity contribution in [3.05, 3.63) is 46.2 Å². The fraction of sp³-hybridized carbons (Fsp3) is 0.429. The topological polar surface area (TPSA) is 93.1 Å². The van der Waals surface area contributed by atoms with E-state index in [1.807, 2.05) is 0 Å². The number of halogens is 1. The zero-order valence-electron chi connectivity index (χ0n) is 16.8. The summed E-state index contributed by atoms with van der Waals surface area (Å²) in [5, 5.41) is 5.89. The molecule has 0 aliphatic heterocycles. The molecule has 3 amide bonds. The maximum Gasteiger partial charge on any atom is 0.321 e. The molecule has 30 heavy (non-hydrogen) atoms. The van der Waals surface area contributed by atoms with Gasteiger partial charge in [0.25, 0.3) is 5.56 Å². The predicted octanol–water partition coefficient (Wildman–Crippen LogP) is 3.88. The van der Waals surface area contributed by atoms with Gasteiger partial charge in [0.1, 0.15) is 0 Å². The molecule has 1 heterocycles. The maximum absolute atomic E-state index is 12.9. The second-order valence-corrected chi connectivity index (χ2v) is 9.06. The van der Waals surface area contributed by atoms with Gasteiger partial charge in [-0.25, -0.2) is 9.78 Å². The van der Waals surface area contributed by atoms with Crippen molar-refractivity contribution < 1.29 is 9.59 Å². The van der Waals surface area contributed by atoms with Crippen LogP contribution in [0, 0.1) is 0 Å². The summed E-state index contributed by atoms with van der Waals surface area (Å²) in [6.45, 7) is 5.61. The number of allylic oxidation sites excluding steroid dienone is 1. The highest BCUT2D eigenvalue weighted by molar-refractivity contribution is 8.00. The van der Waals surface area contributed by atoms with Crippen LogP contribution >= 0.6 is 23.4 Å². The average Bonchev–Trinajstić information content (AvgIpc) is 2.71. The maximum atomic E-state index is 12.9. The highest BCUT2D eigenvalue weighted by atomic mass is 35.5. The van der Waals surface area contributed by atoms with Crippen LogP contribution in [0.3, 0.4) is 0 Å². The Balaban J connectivity index is 1.74. The van der Waals surface area contributed by atoms with E-state index in [0.717, 1.165) is 37.4 Å². The molecule has 1 aromatic carbocycles. The quantitative estimate of drug-likeness (QED) is 0.397. The van der Waals surface area contributed by atoms with Crippen LogP contribution in [-0.2, 0) is 11.3 Å². The van der Waals surface area contributed by atoms with Gasteiger partial charge in [-0.05, 0) is 38.0 Å². The van der Waals surface area contributed by atoms with Crippen molar-refractivity contribution in [2.45, 2.75) is 62.0 Å². The number of nitrogens with one attached hydrogen (secondary N) is 2.